The van der Waals surface area contributed by atoms with Gasteiger partial charge in [-0.3, -0.25) is 9.78 Å². The third-order valence-electron chi connectivity index (χ3n) is 5.58. The number of rotatable bonds is 7. The van der Waals surface area contributed by atoms with E-state index in [-0.39, 0.29) is 38.0 Å². The number of hydrogen-bond donors (Lipinski definition) is 1. The highest BCUT2D eigenvalue weighted by Gasteiger charge is 2.35. The van der Waals surface area contributed by atoms with Crippen LogP contribution >= 0.6 is 11.6 Å². The van der Waals surface area contributed by atoms with Crippen LogP contribution in [-0.2, 0) is 14.8 Å². The number of primary amides is 1. The van der Waals surface area contributed by atoms with Crippen molar-refractivity contribution in [1.29, 1.82) is 0 Å². The molecule has 1 amide bonds. The summed E-state index contributed by atoms with van der Waals surface area (Å²) in [7, 11) is -4.11. The summed E-state index contributed by atoms with van der Waals surface area (Å²) in [6.45, 7) is 1.52. The van der Waals surface area contributed by atoms with Crippen LogP contribution in [0.2, 0.25) is 5.02 Å². The molecule has 4 aromatic rings. The number of fused-ring (bicyclic) bond motifs is 1. The fraction of sp³-hybridized carbons (Fsp3) is 0.217. The molecule has 37 heavy (non-hydrogen) atoms. The minimum absolute atomic E-state index is 0.00442. The molecular formula is C23H20ClF3N6O3S. The average Bonchev–Trinajstić information content (AvgIpc) is 3.21. The molecule has 0 radical (unpaired) electrons. The van der Waals surface area contributed by atoms with Crippen molar-refractivity contribution >= 4 is 44.4 Å². The first kappa shape index (κ1) is 26.4. The molecule has 3 heterocycles. The van der Waals surface area contributed by atoms with E-state index in [1.165, 1.54) is 43.7 Å². The molecule has 0 aliphatic heterocycles. The van der Waals surface area contributed by atoms with Gasteiger partial charge in [0.05, 0.1) is 28.0 Å². The van der Waals surface area contributed by atoms with Gasteiger partial charge in [0, 0.05) is 23.3 Å². The molecule has 0 aliphatic rings. The maximum Gasteiger partial charge on any atom is 0.406 e. The van der Waals surface area contributed by atoms with E-state index in [0.717, 1.165) is 15.7 Å². The Labute approximate surface area is 214 Å². The van der Waals surface area contributed by atoms with Gasteiger partial charge < -0.3 is 10.6 Å². The van der Waals surface area contributed by atoms with Gasteiger partial charge in [-0.25, -0.2) is 22.4 Å². The number of halogens is 4. The molecule has 2 N–H and O–H groups in total. The van der Waals surface area contributed by atoms with Crippen molar-refractivity contribution in [2.75, 3.05) is 11.4 Å². The van der Waals surface area contributed by atoms with Gasteiger partial charge in [0.1, 0.15) is 18.4 Å². The second-order valence-electron chi connectivity index (χ2n) is 8.27. The van der Waals surface area contributed by atoms with Gasteiger partial charge in [-0.1, -0.05) is 29.3 Å². The highest BCUT2D eigenvalue weighted by molar-refractivity contribution is 7.90. The number of benzene rings is 1. The van der Waals surface area contributed by atoms with Gasteiger partial charge in [0.2, 0.25) is 5.91 Å². The third-order valence-corrected chi connectivity index (χ3v) is 7.45. The first-order chi connectivity index (χ1) is 17.3. The van der Waals surface area contributed by atoms with Gasteiger partial charge >= 0.3 is 6.18 Å². The summed E-state index contributed by atoms with van der Waals surface area (Å²) >= 11 is 6.12. The zero-order chi connectivity index (χ0) is 27.1. The normalized spacial score (nSPS) is 13.0. The van der Waals surface area contributed by atoms with Crippen LogP contribution in [0.1, 0.15) is 12.5 Å². The number of anilines is 1. The second kappa shape index (κ2) is 9.63. The van der Waals surface area contributed by atoms with Crippen LogP contribution in [0.25, 0.3) is 22.3 Å². The monoisotopic (exact) mass is 552 g/mol. The zero-order valence-electron chi connectivity index (χ0n) is 19.4. The lowest BCUT2D eigenvalue weighted by Gasteiger charge is -2.29. The molecule has 9 nitrogen and oxygen atoms in total. The van der Waals surface area contributed by atoms with E-state index in [1.807, 2.05) is 6.92 Å². The van der Waals surface area contributed by atoms with Crippen molar-refractivity contribution in [3.8, 4) is 11.3 Å². The van der Waals surface area contributed by atoms with Crippen LogP contribution < -0.4 is 10.6 Å². The molecule has 3 aromatic heterocycles. The first-order valence-electron chi connectivity index (χ1n) is 10.7. The van der Waals surface area contributed by atoms with Crippen LogP contribution in [0.5, 0.6) is 0 Å². The van der Waals surface area contributed by atoms with Crippen LogP contribution in [0.3, 0.4) is 0 Å². The maximum atomic E-state index is 13.5. The summed E-state index contributed by atoms with van der Waals surface area (Å²) in [5.74, 6) is -1.27. The molecule has 0 saturated heterocycles. The topological polar surface area (TPSA) is 124 Å². The van der Waals surface area contributed by atoms with Crippen molar-refractivity contribution < 1.29 is 26.4 Å². The summed E-state index contributed by atoms with van der Waals surface area (Å²) in [5, 5.41) is 0.476. The summed E-state index contributed by atoms with van der Waals surface area (Å²) in [6, 6.07) is 6.31. The van der Waals surface area contributed by atoms with Gasteiger partial charge in [-0.15, -0.1) is 0 Å². The third kappa shape index (κ3) is 5.37. The quantitative estimate of drug-likeness (QED) is 0.368. The molecule has 4 rings (SSSR count). The predicted molar refractivity (Wildman–Crippen MR) is 132 cm³/mol. The molecule has 1 atom stereocenters. The minimum Gasteiger partial charge on any atom is -0.368 e. The first-order valence-corrected chi connectivity index (χ1v) is 12.5. The van der Waals surface area contributed by atoms with E-state index in [9.17, 15) is 26.4 Å². The highest BCUT2D eigenvalue weighted by atomic mass is 35.5. The standard InChI is InChI=1S/C23H20ClF3N6O3S/c1-13-3-5-16(6-4-13)37(35,36)33-11-18(17-7-15(24)8-30-22(17)33)19-9-29-10-20(31-19)32(12-23(25,26)27)14(2)21(28)34/h3-11,14H,12H2,1-2H3,(H2,28,34)/t14-/m1/s1. The van der Waals surface area contributed by atoms with E-state index >= 15 is 0 Å². The number of aromatic nitrogens is 4. The van der Waals surface area contributed by atoms with Crippen LogP contribution in [0, 0.1) is 6.92 Å². The fourth-order valence-electron chi connectivity index (χ4n) is 3.65. The minimum atomic E-state index is -4.67. The Morgan fingerprint density at radius 2 is 1.86 bits per heavy atom. The van der Waals surface area contributed by atoms with Crippen molar-refractivity contribution in [1.82, 2.24) is 18.9 Å². The smallest absolute Gasteiger partial charge is 0.368 e. The number of amides is 1. The van der Waals surface area contributed by atoms with Gasteiger partial charge in [0.15, 0.2) is 5.65 Å². The van der Waals surface area contributed by atoms with Gasteiger partial charge in [-0.05, 0) is 32.0 Å². The Morgan fingerprint density at radius 1 is 1.19 bits per heavy atom. The van der Waals surface area contributed by atoms with E-state index in [0.29, 0.717) is 4.90 Å². The number of nitrogens with zero attached hydrogens (tertiary/aromatic N) is 5. The lowest BCUT2D eigenvalue weighted by Crippen LogP contribution is -2.47. The Hall–Kier alpha value is -3.71. The summed E-state index contributed by atoms with van der Waals surface area (Å²) < 4.78 is 67.7. The fourth-order valence-corrected chi connectivity index (χ4v) is 5.13. The maximum absolute atomic E-state index is 13.5. The molecule has 0 fully saturated rings. The number of nitrogens with two attached hydrogens (primary N) is 1. The number of hydrogen-bond acceptors (Lipinski definition) is 7. The highest BCUT2D eigenvalue weighted by Crippen LogP contribution is 2.33. The van der Waals surface area contributed by atoms with Crippen LogP contribution in [-0.4, -0.2) is 52.0 Å². The molecule has 14 heteroatoms. The molecular weight excluding hydrogens is 533 g/mol. The number of carbonyl (C=O) groups excluding carboxylic acids is 1. The van der Waals surface area contributed by atoms with Crippen LogP contribution in [0.4, 0.5) is 19.0 Å². The predicted octanol–water partition coefficient (Wildman–Crippen LogP) is 3.93. The molecule has 0 bridgehead atoms. The van der Waals surface area contributed by atoms with Crippen molar-refractivity contribution in [2.45, 2.75) is 31.0 Å². The Morgan fingerprint density at radius 3 is 2.49 bits per heavy atom. The Bertz CT molecular complexity index is 1590. The van der Waals surface area contributed by atoms with Crippen LogP contribution in [0.15, 0.2) is 60.0 Å². The van der Waals surface area contributed by atoms with E-state index < -0.39 is 34.7 Å². The molecule has 0 unspecified atom stereocenters. The summed E-state index contributed by atoms with van der Waals surface area (Å²) in [6.07, 6.45) is 0.168. The number of carbonyl (C=O) groups is 1. The number of aryl methyl sites for hydroxylation is 1. The summed E-state index contributed by atoms with van der Waals surface area (Å²) in [4.78, 5) is 24.8. The number of alkyl halides is 3. The molecule has 194 valence electrons. The average molecular weight is 553 g/mol. The lowest BCUT2D eigenvalue weighted by atomic mass is 10.1. The Balaban J connectivity index is 1.90. The SMILES string of the molecule is Cc1ccc(S(=O)(=O)n2cc(-c3cncc(N(CC(F)(F)F)[C@H](C)C(N)=O)n3)c3cc(Cl)cnc32)cc1. The van der Waals surface area contributed by atoms with Gasteiger partial charge in [-0.2, -0.15) is 13.2 Å². The van der Waals surface area contributed by atoms with E-state index in [1.54, 1.807) is 12.1 Å². The second-order valence-corrected chi connectivity index (χ2v) is 10.5. The van der Waals surface area contributed by atoms with E-state index in [4.69, 9.17) is 17.3 Å². The van der Waals surface area contributed by atoms with Gasteiger partial charge in [0.25, 0.3) is 10.0 Å². The molecule has 0 saturated carbocycles. The molecule has 0 aliphatic carbocycles. The molecule has 0 spiro atoms. The van der Waals surface area contributed by atoms with E-state index in [2.05, 4.69) is 15.0 Å². The number of pyridine rings is 1. The Kier molecular flexibility index (Phi) is 6.86. The molecule has 1 aromatic carbocycles. The lowest BCUT2D eigenvalue weighted by molar-refractivity contribution is -0.125. The van der Waals surface area contributed by atoms with Crippen molar-refractivity contribution in [3.05, 3.63) is 65.7 Å². The van der Waals surface area contributed by atoms with Crippen molar-refractivity contribution in [2.24, 2.45) is 5.73 Å². The largest absolute Gasteiger partial charge is 0.406 e. The summed E-state index contributed by atoms with van der Waals surface area (Å²) in [5.41, 5.74) is 6.39. The zero-order valence-corrected chi connectivity index (χ0v) is 21.0. The van der Waals surface area contributed by atoms with Crippen molar-refractivity contribution in [3.63, 3.8) is 0 Å².